The minimum Gasteiger partial charge on any atom is -0.493 e. The maximum Gasteiger partial charge on any atom is 0.161 e. The van der Waals surface area contributed by atoms with E-state index in [1.54, 1.807) is 7.11 Å². The average Bonchev–Trinajstić information content (AvgIpc) is 2.67. The summed E-state index contributed by atoms with van der Waals surface area (Å²) in [6, 6.07) is 16.5. The molecule has 0 amide bonds. The molecule has 5 heteroatoms. The van der Waals surface area contributed by atoms with Crippen LogP contribution in [0.1, 0.15) is 51.2 Å². The Bertz CT molecular complexity index is 815. The summed E-state index contributed by atoms with van der Waals surface area (Å²) in [5, 5.41) is 9.95. The van der Waals surface area contributed by atoms with Crippen molar-refractivity contribution in [2.75, 3.05) is 7.11 Å². The van der Waals surface area contributed by atoms with E-state index in [1.807, 2.05) is 58.0 Å². The molecule has 2 aromatic rings. The molecule has 2 unspecified atom stereocenters. The number of nitriles is 1. The van der Waals surface area contributed by atoms with Gasteiger partial charge in [0.2, 0.25) is 0 Å². The van der Waals surface area contributed by atoms with Crippen LogP contribution in [0.5, 0.6) is 11.5 Å². The first-order valence-corrected chi connectivity index (χ1v) is 10.8. The maximum absolute atomic E-state index is 9.95. The molecule has 0 aliphatic heterocycles. The smallest absolute Gasteiger partial charge is 0.161 e. The van der Waals surface area contributed by atoms with E-state index >= 15 is 0 Å². The van der Waals surface area contributed by atoms with Crippen molar-refractivity contribution in [1.29, 1.82) is 5.26 Å². The molecule has 0 aliphatic rings. The summed E-state index contributed by atoms with van der Waals surface area (Å²) < 4.78 is 18.3. The number of hydrogen-bond acceptors (Lipinski definition) is 4. The topological polar surface area (TPSA) is 51.5 Å². The highest BCUT2D eigenvalue weighted by Gasteiger charge is 2.24. The lowest BCUT2D eigenvalue weighted by Crippen LogP contribution is -2.23. The standard InChI is InChI=1S/C24H30BrNO3/c1-16(2)28-20(11-18-9-7-6-8-10-18)12-19(15-26)21-13-24(29-17(3)4)23(27-5)14-22(21)25/h6-10,13-14,16-17,19-20H,11-12H2,1-5H3. The van der Waals surface area contributed by atoms with Crippen molar-refractivity contribution < 1.29 is 14.2 Å². The summed E-state index contributed by atoms with van der Waals surface area (Å²) in [5.74, 6) is 0.952. The molecule has 2 aromatic carbocycles. The number of hydrogen-bond donors (Lipinski definition) is 0. The van der Waals surface area contributed by atoms with E-state index < -0.39 is 0 Å². The van der Waals surface area contributed by atoms with Crippen LogP contribution < -0.4 is 9.47 Å². The Hall–Kier alpha value is -2.03. The second-order valence-electron chi connectivity index (χ2n) is 7.61. The Morgan fingerprint density at radius 2 is 1.69 bits per heavy atom. The SMILES string of the molecule is COc1cc(Br)c(C(C#N)CC(Cc2ccccc2)OC(C)C)cc1OC(C)C. The van der Waals surface area contributed by atoms with Crippen molar-refractivity contribution >= 4 is 15.9 Å². The average molecular weight is 460 g/mol. The molecule has 0 aliphatic carbocycles. The molecular weight excluding hydrogens is 430 g/mol. The Labute approximate surface area is 182 Å². The molecule has 2 rings (SSSR count). The largest absolute Gasteiger partial charge is 0.493 e. The molecule has 0 spiro atoms. The van der Waals surface area contributed by atoms with Crippen molar-refractivity contribution in [3.63, 3.8) is 0 Å². The number of nitrogens with zero attached hydrogens (tertiary/aromatic N) is 1. The van der Waals surface area contributed by atoms with Gasteiger partial charge in [-0.2, -0.15) is 5.26 Å². The molecule has 0 heterocycles. The second kappa shape index (κ2) is 11.2. The first kappa shape index (κ1) is 23.3. The van der Waals surface area contributed by atoms with Crippen LogP contribution in [0.3, 0.4) is 0 Å². The molecule has 0 bridgehead atoms. The molecule has 156 valence electrons. The lowest BCUT2D eigenvalue weighted by Gasteiger charge is -2.24. The van der Waals surface area contributed by atoms with Gasteiger partial charge in [-0.05, 0) is 63.8 Å². The number of rotatable bonds is 10. The fourth-order valence-corrected chi connectivity index (χ4v) is 3.88. The van der Waals surface area contributed by atoms with Gasteiger partial charge in [-0.1, -0.05) is 46.3 Å². The minimum atomic E-state index is -0.336. The highest BCUT2D eigenvalue weighted by Crippen LogP contribution is 2.39. The highest BCUT2D eigenvalue weighted by atomic mass is 79.9. The van der Waals surface area contributed by atoms with Gasteiger partial charge < -0.3 is 14.2 Å². The first-order chi connectivity index (χ1) is 13.8. The van der Waals surface area contributed by atoms with E-state index in [1.165, 1.54) is 5.56 Å². The van der Waals surface area contributed by atoms with Crippen LogP contribution in [0.25, 0.3) is 0 Å². The Morgan fingerprint density at radius 3 is 2.24 bits per heavy atom. The predicted molar refractivity (Wildman–Crippen MR) is 120 cm³/mol. The van der Waals surface area contributed by atoms with E-state index in [-0.39, 0.29) is 24.2 Å². The molecular formula is C24H30BrNO3. The van der Waals surface area contributed by atoms with E-state index in [9.17, 15) is 5.26 Å². The molecule has 4 nitrogen and oxygen atoms in total. The van der Waals surface area contributed by atoms with Gasteiger partial charge in [-0.3, -0.25) is 0 Å². The van der Waals surface area contributed by atoms with Crippen molar-refractivity contribution in [3.05, 3.63) is 58.1 Å². The zero-order valence-corrected chi connectivity index (χ0v) is 19.4. The van der Waals surface area contributed by atoms with Crippen molar-refractivity contribution in [2.24, 2.45) is 0 Å². The van der Waals surface area contributed by atoms with Crippen LogP contribution in [0, 0.1) is 11.3 Å². The van der Waals surface area contributed by atoms with Crippen LogP contribution in [-0.2, 0) is 11.2 Å². The molecule has 0 saturated heterocycles. The number of benzene rings is 2. The van der Waals surface area contributed by atoms with E-state index in [4.69, 9.17) is 14.2 Å². The van der Waals surface area contributed by atoms with E-state index in [0.717, 1.165) is 16.5 Å². The summed E-state index contributed by atoms with van der Waals surface area (Å²) in [4.78, 5) is 0. The monoisotopic (exact) mass is 459 g/mol. The van der Waals surface area contributed by atoms with Crippen LogP contribution in [0.4, 0.5) is 0 Å². The molecule has 0 saturated carbocycles. The lowest BCUT2D eigenvalue weighted by atomic mass is 9.91. The number of halogens is 1. The van der Waals surface area contributed by atoms with Crippen molar-refractivity contribution in [2.45, 2.75) is 64.8 Å². The number of methoxy groups -OCH3 is 1. The van der Waals surface area contributed by atoms with Gasteiger partial charge in [0, 0.05) is 4.47 Å². The molecule has 0 aromatic heterocycles. The zero-order valence-electron chi connectivity index (χ0n) is 17.8. The number of ether oxygens (including phenoxy) is 3. The van der Waals surface area contributed by atoms with E-state index in [0.29, 0.717) is 17.9 Å². The highest BCUT2D eigenvalue weighted by molar-refractivity contribution is 9.10. The summed E-state index contributed by atoms with van der Waals surface area (Å²) >= 11 is 3.61. The second-order valence-corrected chi connectivity index (χ2v) is 8.46. The molecule has 2 atom stereocenters. The van der Waals surface area contributed by atoms with Gasteiger partial charge >= 0.3 is 0 Å². The van der Waals surface area contributed by atoms with Gasteiger partial charge in [0.25, 0.3) is 0 Å². The van der Waals surface area contributed by atoms with Crippen molar-refractivity contribution in [3.8, 4) is 17.6 Å². The first-order valence-electron chi connectivity index (χ1n) is 9.97. The van der Waals surface area contributed by atoms with Crippen LogP contribution in [-0.4, -0.2) is 25.4 Å². The Balaban J connectivity index is 2.31. The lowest BCUT2D eigenvalue weighted by molar-refractivity contribution is 0.00215. The fraction of sp³-hybridized carbons (Fsp3) is 0.458. The van der Waals surface area contributed by atoms with Gasteiger partial charge in [0.15, 0.2) is 11.5 Å². The molecule has 0 N–H and O–H groups in total. The predicted octanol–water partition coefficient (Wildman–Crippen LogP) is 6.28. The fourth-order valence-electron chi connectivity index (χ4n) is 3.28. The molecule has 0 radical (unpaired) electrons. The zero-order chi connectivity index (χ0) is 21.4. The van der Waals surface area contributed by atoms with Gasteiger partial charge in [-0.15, -0.1) is 0 Å². The minimum absolute atomic E-state index is 0.00793. The third kappa shape index (κ3) is 7.06. The van der Waals surface area contributed by atoms with E-state index in [2.05, 4.69) is 34.1 Å². The van der Waals surface area contributed by atoms with Crippen LogP contribution in [0.2, 0.25) is 0 Å². The molecule has 0 fully saturated rings. The molecule has 29 heavy (non-hydrogen) atoms. The Kier molecular flexibility index (Phi) is 9.00. The third-order valence-electron chi connectivity index (χ3n) is 4.45. The van der Waals surface area contributed by atoms with Crippen LogP contribution in [0.15, 0.2) is 46.9 Å². The van der Waals surface area contributed by atoms with Gasteiger partial charge in [-0.25, -0.2) is 0 Å². The summed E-state index contributed by atoms with van der Waals surface area (Å²) in [6.07, 6.45) is 1.39. The quantitative estimate of drug-likeness (QED) is 0.419. The van der Waals surface area contributed by atoms with Crippen molar-refractivity contribution in [1.82, 2.24) is 0 Å². The normalized spacial score (nSPS) is 13.2. The van der Waals surface area contributed by atoms with Gasteiger partial charge in [0.1, 0.15) is 0 Å². The maximum atomic E-state index is 9.95. The summed E-state index contributed by atoms with van der Waals surface area (Å²) in [5.41, 5.74) is 2.09. The Morgan fingerprint density at radius 1 is 1.00 bits per heavy atom. The summed E-state index contributed by atoms with van der Waals surface area (Å²) in [6.45, 7) is 7.99. The third-order valence-corrected chi connectivity index (χ3v) is 5.13. The van der Waals surface area contributed by atoms with Crippen LogP contribution >= 0.6 is 15.9 Å². The summed E-state index contributed by atoms with van der Waals surface area (Å²) in [7, 11) is 1.61. The van der Waals surface area contributed by atoms with Gasteiger partial charge in [0.05, 0.1) is 37.4 Å².